The van der Waals surface area contributed by atoms with Gasteiger partial charge in [0.15, 0.2) is 0 Å². The van der Waals surface area contributed by atoms with Crippen molar-refractivity contribution in [3.05, 3.63) is 22.6 Å². The van der Waals surface area contributed by atoms with E-state index in [9.17, 15) is 4.79 Å². The normalized spacial score (nSPS) is 20.0. The molecule has 1 aromatic rings. The molecular weight excluding hydrogens is 206 g/mol. The first-order chi connectivity index (χ1) is 7.66. The number of hydrogen-bond acceptors (Lipinski definition) is 4. The molecule has 1 aliphatic rings. The van der Waals surface area contributed by atoms with Gasteiger partial charge in [0.25, 0.3) is 5.56 Å². The van der Waals surface area contributed by atoms with E-state index in [4.69, 9.17) is 4.74 Å². The van der Waals surface area contributed by atoms with Crippen molar-refractivity contribution in [2.45, 2.75) is 13.0 Å². The average molecular weight is 223 g/mol. The number of ether oxygens (including phenoxy) is 1. The fourth-order valence-electron chi connectivity index (χ4n) is 1.78. The van der Waals surface area contributed by atoms with Gasteiger partial charge in [0.2, 0.25) is 0 Å². The fraction of sp³-hybridized carbons (Fsp3) is 0.636. The number of nitrogens with zero attached hydrogens (tertiary/aromatic N) is 3. The zero-order valence-electron chi connectivity index (χ0n) is 9.72. The Bertz CT molecular complexity index is 408. The highest BCUT2D eigenvalue weighted by Crippen LogP contribution is 2.13. The molecule has 0 aliphatic carbocycles. The van der Waals surface area contributed by atoms with Crippen LogP contribution in [0.25, 0.3) is 0 Å². The Hall–Kier alpha value is -1.36. The Morgan fingerprint density at radius 3 is 3.00 bits per heavy atom. The van der Waals surface area contributed by atoms with Crippen molar-refractivity contribution in [2.24, 2.45) is 5.92 Å². The van der Waals surface area contributed by atoms with E-state index >= 15 is 0 Å². The topological polar surface area (TPSA) is 47.4 Å². The van der Waals surface area contributed by atoms with E-state index in [0.29, 0.717) is 12.5 Å². The third kappa shape index (κ3) is 2.41. The van der Waals surface area contributed by atoms with Crippen LogP contribution in [0.2, 0.25) is 0 Å². The maximum Gasteiger partial charge on any atom is 0.268 e. The first-order valence-corrected chi connectivity index (χ1v) is 5.49. The largest absolute Gasteiger partial charge is 0.381 e. The van der Waals surface area contributed by atoms with Gasteiger partial charge in [-0.2, -0.15) is 5.10 Å². The summed E-state index contributed by atoms with van der Waals surface area (Å²) in [6.45, 7) is 2.20. The summed E-state index contributed by atoms with van der Waals surface area (Å²) in [6.07, 6.45) is 2.74. The van der Waals surface area contributed by atoms with Crippen LogP contribution in [0.15, 0.2) is 17.1 Å². The quantitative estimate of drug-likeness (QED) is 0.741. The van der Waals surface area contributed by atoms with Crippen molar-refractivity contribution in [3.63, 3.8) is 0 Å². The van der Waals surface area contributed by atoms with Gasteiger partial charge < -0.3 is 9.64 Å². The molecule has 1 fully saturated rings. The van der Waals surface area contributed by atoms with Gasteiger partial charge in [-0.25, -0.2) is 4.68 Å². The summed E-state index contributed by atoms with van der Waals surface area (Å²) in [4.78, 5) is 13.6. The lowest BCUT2D eigenvalue weighted by Crippen LogP contribution is -2.27. The maximum atomic E-state index is 11.8. The molecule has 1 unspecified atom stereocenters. The third-order valence-corrected chi connectivity index (χ3v) is 2.83. The number of rotatable bonds is 3. The summed E-state index contributed by atoms with van der Waals surface area (Å²) in [7, 11) is 3.79. The van der Waals surface area contributed by atoms with Crippen molar-refractivity contribution in [2.75, 3.05) is 32.2 Å². The molecule has 0 amide bonds. The van der Waals surface area contributed by atoms with Crippen molar-refractivity contribution in [3.8, 4) is 0 Å². The Morgan fingerprint density at radius 1 is 1.62 bits per heavy atom. The second-order valence-corrected chi connectivity index (χ2v) is 4.36. The van der Waals surface area contributed by atoms with Gasteiger partial charge in [-0.3, -0.25) is 4.79 Å². The third-order valence-electron chi connectivity index (χ3n) is 2.83. The fourth-order valence-corrected chi connectivity index (χ4v) is 1.78. The van der Waals surface area contributed by atoms with Crippen LogP contribution in [0.3, 0.4) is 0 Å². The molecule has 1 atom stereocenters. The maximum absolute atomic E-state index is 11.8. The van der Waals surface area contributed by atoms with Gasteiger partial charge in [-0.1, -0.05) is 0 Å². The van der Waals surface area contributed by atoms with Crippen molar-refractivity contribution in [1.29, 1.82) is 0 Å². The molecule has 1 aliphatic heterocycles. The lowest BCUT2D eigenvalue weighted by atomic mass is 10.1. The molecule has 2 heterocycles. The van der Waals surface area contributed by atoms with Gasteiger partial charge in [-0.15, -0.1) is 0 Å². The molecule has 0 spiro atoms. The monoisotopic (exact) mass is 223 g/mol. The van der Waals surface area contributed by atoms with Crippen LogP contribution in [0.1, 0.15) is 6.42 Å². The summed E-state index contributed by atoms with van der Waals surface area (Å²) in [5.74, 6) is 0.426. The summed E-state index contributed by atoms with van der Waals surface area (Å²) in [5, 5.41) is 4.17. The van der Waals surface area contributed by atoms with E-state index in [1.54, 1.807) is 12.3 Å². The van der Waals surface area contributed by atoms with Gasteiger partial charge in [0, 0.05) is 39.2 Å². The smallest absolute Gasteiger partial charge is 0.268 e. The number of anilines is 1. The Kier molecular flexibility index (Phi) is 3.24. The predicted molar refractivity (Wildman–Crippen MR) is 61.8 cm³/mol. The molecule has 1 saturated heterocycles. The van der Waals surface area contributed by atoms with Crippen molar-refractivity contribution in [1.82, 2.24) is 9.78 Å². The molecular formula is C11H17N3O2. The molecule has 5 heteroatoms. The minimum Gasteiger partial charge on any atom is -0.381 e. The van der Waals surface area contributed by atoms with Gasteiger partial charge in [0.05, 0.1) is 18.5 Å². The summed E-state index contributed by atoms with van der Waals surface area (Å²) >= 11 is 0. The van der Waals surface area contributed by atoms with Crippen LogP contribution in [0.4, 0.5) is 5.69 Å². The highest BCUT2D eigenvalue weighted by molar-refractivity contribution is 5.40. The average Bonchev–Trinajstić information content (AvgIpc) is 2.73. The molecule has 16 heavy (non-hydrogen) atoms. The van der Waals surface area contributed by atoms with E-state index in [1.165, 1.54) is 4.68 Å². The Balaban J connectivity index is 2.13. The second kappa shape index (κ2) is 4.65. The van der Waals surface area contributed by atoms with Crippen molar-refractivity contribution >= 4 is 5.69 Å². The molecule has 5 nitrogen and oxygen atoms in total. The van der Waals surface area contributed by atoms with E-state index in [2.05, 4.69) is 5.10 Å². The minimum atomic E-state index is -0.0434. The zero-order valence-corrected chi connectivity index (χ0v) is 9.72. The summed E-state index contributed by atoms with van der Waals surface area (Å²) in [5.41, 5.74) is 0.794. The van der Waals surface area contributed by atoms with Crippen LogP contribution in [0, 0.1) is 5.92 Å². The van der Waals surface area contributed by atoms with E-state index in [-0.39, 0.29) is 5.56 Å². The number of hydrogen-bond donors (Lipinski definition) is 0. The molecule has 0 saturated carbocycles. The SMILES string of the molecule is CN(C)c1cnn(CC2CCOC2)c(=O)c1. The Morgan fingerprint density at radius 2 is 2.44 bits per heavy atom. The lowest BCUT2D eigenvalue weighted by molar-refractivity contribution is 0.181. The molecule has 0 aromatic carbocycles. The molecule has 2 rings (SSSR count). The summed E-state index contributed by atoms with van der Waals surface area (Å²) in [6, 6.07) is 1.61. The molecule has 88 valence electrons. The van der Waals surface area contributed by atoms with Crippen molar-refractivity contribution < 1.29 is 4.74 Å². The van der Waals surface area contributed by atoms with Crippen LogP contribution < -0.4 is 10.5 Å². The highest BCUT2D eigenvalue weighted by Gasteiger charge is 2.17. The zero-order chi connectivity index (χ0) is 11.5. The predicted octanol–water partition coefficient (Wildman–Crippen LogP) is 0.346. The minimum absolute atomic E-state index is 0.0434. The lowest BCUT2D eigenvalue weighted by Gasteiger charge is -2.13. The highest BCUT2D eigenvalue weighted by atomic mass is 16.5. The van der Waals surface area contributed by atoms with E-state index < -0.39 is 0 Å². The molecule has 0 N–H and O–H groups in total. The van der Waals surface area contributed by atoms with Gasteiger partial charge in [-0.05, 0) is 6.42 Å². The standard InChI is InChI=1S/C11H17N3O2/c1-13(2)10-5-11(15)14(12-6-10)7-9-3-4-16-8-9/h5-6,9H,3-4,7-8H2,1-2H3. The first-order valence-electron chi connectivity index (χ1n) is 5.49. The van der Waals surface area contributed by atoms with Crippen LogP contribution >= 0.6 is 0 Å². The van der Waals surface area contributed by atoms with E-state index in [0.717, 1.165) is 25.3 Å². The first kappa shape index (κ1) is 11.1. The van der Waals surface area contributed by atoms with Crippen LogP contribution in [-0.4, -0.2) is 37.1 Å². The number of aromatic nitrogens is 2. The Labute approximate surface area is 94.6 Å². The van der Waals surface area contributed by atoms with E-state index in [1.807, 2.05) is 19.0 Å². The van der Waals surface area contributed by atoms with Crippen LogP contribution in [-0.2, 0) is 11.3 Å². The van der Waals surface area contributed by atoms with Gasteiger partial charge >= 0.3 is 0 Å². The molecule has 0 bridgehead atoms. The molecule has 0 radical (unpaired) electrons. The van der Waals surface area contributed by atoms with Crippen LogP contribution in [0.5, 0.6) is 0 Å². The van der Waals surface area contributed by atoms with Gasteiger partial charge in [0.1, 0.15) is 0 Å². The summed E-state index contributed by atoms with van der Waals surface area (Å²) < 4.78 is 6.80. The molecule has 1 aromatic heterocycles. The second-order valence-electron chi connectivity index (χ2n) is 4.36.